The molecule has 6 nitrogen and oxygen atoms in total. The van der Waals surface area contributed by atoms with Gasteiger partial charge < -0.3 is 4.74 Å². The van der Waals surface area contributed by atoms with E-state index in [1.165, 1.54) is 37.2 Å². The van der Waals surface area contributed by atoms with Crippen LogP contribution < -0.4 is 0 Å². The molecule has 2 aromatic carbocycles. The molecule has 1 atom stereocenters. The number of nitrogens with zero attached hydrogens (tertiary/aromatic N) is 4. The molecule has 1 unspecified atom stereocenters. The number of benzene rings is 2. The maximum atomic E-state index is 11.2. The van der Waals surface area contributed by atoms with Crippen molar-refractivity contribution in [3.05, 3.63) is 89.3 Å². The summed E-state index contributed by atoms with van der Waals surface area (Å²) in [6.45, 7) is 2.87. The van der Waals surface area contributed by atoms with Gasteiger partial charge in [0.25, 0.3) is 0 Å². The summed E-state index contributed by atoms with van der Waals surface area (Å²) in [5.74, 6) is -0.343. The zero-order chi connectivity index (χ0) is 21.5. The van der Waals surface area contributed by atoms with Gasteiger partial charge in [0.1, 0.15) is 0 Å². The predicted octanol–water partition coefficient (Wildman–Crippen LogP) is 3.72. The van der Waals surface area contributed by atoms with E-state index in [0.29, 0.717) is 6.04 Å². The minimum Gasteiger partial charge on any atom is -0.466 e. The minimum atomic E-state index is -0.343. The molecule has 1 aliphatic rings. The van der Waals surface area contributed by atoms with Crippen molar-refractivity contribution < 1.29 is 9.53 Å². The van der Waals surface area contributed by atoms with Crippen LogP contribution in [0.2, 0.25) is 0 Å². The van der Waals surface area contributed by atoms with Crippen molar-refractivity contribution in [1.29, 1.82) is 0 Å². The van der Waals surface area contributed by atoms with Gasteiger partial charge in [-0.3, -0.25) is 9.58 Å². The smallest absolute Gasteiger partial charge is 0.330 e. The lowest BCUT2D eigenvalue weighted by atomic mass is 10.1. The van der Waals surface area contributed by atoms with Crippen molar-refractivity contribution in [3.63, 3.8) is 0 Å². The van der Waals surface area contributed by atoms with Crippen molar-refractivity contribution in [3.8, 4) is 0 Å². The van der Waals surface area contributed by atoms with Crippen molar-refractivity contribution >= 4 is 12.0 Å². The first kappa shape index (κ1) is 21.0. The summed E-state index contributed by atoms with van der Waals surface area (Å²) in [4.78, 5) is 13.8. The highest BCUT2D eigenvalue weighted by molar-refractivity contribution is 5.86. The van der Waals surface area contributed by atoms with E-state index in [1.54, 1.807) is 6.08 Å². The Hall–Kier alpha value is -3.25. The maximum Gasteiger partial charge on any atom is 0.330 e. The van der Waals surface area contributed by atoms with Gasteiger partial charge in [0, 0.05) is 31.3 Å². The topological polar surface area (TPSA) is 60.2 Å². The standard InChI is InChI=1S/C25H28N4O2/c1-31-25(30)14-13-20-9-11-22(12-10-20)17-28-15-5-8-24(28)19-29-18-23(26-27-29)16-21-6-3-2-4-7-21/h2-4,6-7,9-14,18,24H,5,8,15-17,19H2,1H3. The van der Waals surface area contributed by atoms with Crippen molar-refractivity contribution in [2.75, 3.05) is 13.7 Å². The van der Waals surface area contributed by atoms with Crippen molar-refractivity contribution in [2.45, 2.75) is 38.4 Å². The number of likely N-dealkylation sites (tertiary alicyclic amines) is 1. The van der Waals surface area contributed by atoms with Gasteiger partial charge in [-0.25, -0.2) is 4.79 Å². The first-order chi connectivity index (χ1) is 15.2. The molecule has 1 aromatic heterocycles. The summed E-state index contributed by atoms with van der Waals surface area (Å²) in [5.41, 5.74) is 4.51. The zero-order valence-electron chi connectivity index (χ0n) is 17.9. The van der Waals surface area contributed by atoms with Crippen LogP contribution in [0.3, 0.4) is 0 Å². The van der Waals surface area contributed by atoms with Gasteiger partial charge >= 0.3 is 5.97 Å². The average molecular weight is 417 g/mol. The van der Waals surface area contributed by atoms with E-state index in [9.17, 15) is 4.79 Å². The van der Waals surface area contributed by atoms with Crippen LogP contribution in [0, 0.1) is 0 Å². The third-order valence-electron chi connectivity index (χ3n) is 5.69. The summed E-state index contributed by atoms with van der Waals surface area (Å²) >= 11 is 0. The quantitative estimate of drug-likeness (QED) is 0.414. The molecule has 160 valence electrons. The summed E-state index contributed by atoms with van der Waals surface area (Å²) in [5, 5.41) is 8.73. The van der Waals surface area contributed by atoms with E-state index in [2.05, 4.69) is 62.5 Å². The molecule has 1 saturated heterocycles. The molecule has 6 heteroatoms. The van der Waals surface area contributed by atoms with Gasteiger partial charge in [0.2, 0.25) is 0 Å². The number of hydrogen-bond donors (Lipinski definition) is 0. The lowest BCUT2D eigenvalue weighted by molar-refractivity contribution is -0.134. The lowest BCUT2D eigenvalue weighted by Crippen LogP contribution is -2.32. The molecule has 0 saturated carbocycles. The molecule has 0 aliphatic carbocycles. The number of carbonyl (C=O) groups excluding carboxylic acids is 1. The van der Waals surface area contributed by atoms with E-state index in [1.807, 2.05) is 22.9 Å². The van der Waals surface area contributed by atoms with E-state index < -0.39 is 0 Å². The Labute approximate surface area is 183 Å². The molecule has 0 amide bonds. The van der Waals surface area contributed by atoms with E-state index in [0.717, 1.165) is 37.3 Å². The van der Waals surface area contributed by atoms with Crippen LogP contribution in [0.25, 0.3) is 6.08 Å². The molecular formula is C25H28N4O2. The van der Waals surface area contributed by atoms with Gasteiger partial charge in [-0.1, -0.05) is 59.8 Å². The lowest BCUT2D eigenvalue weighted by Gasteiger charge is -2.24. The van der Waals surface area contributed by atoms with Crippen molar-refractivity contribution in [2.24, 2.45) is 0 Å². The number of hydrogen-bond acceptors (Lipinski definition) is 5. The Morgan fingerprint density at radius 1 is 1.13 bits per heavy atom. The van der Waals surface area contributed by atoms with Crippen LogP contribution in [-0.2, 0) is 29.0 Å². The second-order valence-electron chi connectivity index (χ2n) is 7.96. The number of esters is 1. The molecule has 1 aliphatic heterocycles. The second kappa shape index (κ2) is 10.2. The Balaban J connectivity index is 1.33. The summed E-state index contributed by atoms with van der Waals surface area (Å²) in [6, 6.07) is 19.2. The van der Waals surface area contributed by atoms with Crippen molar-refractivity contribution in [1.82, 2.24) is 19.9 Å². The van der Waals surface area contributed by atoms with E-state index in [4.69, 9.17) is 0 Å². The van der Waals surface area contributed by atoms with E-state index in [-0.39, 0.29) is 5.97 Å². The Kier molecular flexibility index (Phi) is 6.89. The molecule has 0 spiro atoms. The minimum absolute atomic E-state index is 0.343. The third kappa shape index (κ3) is 5.89. The highest BCUT2D eigenvalue weighted by Gasteiger charge is 2.25. The number of ether oxygens (including phenoxy) is 1. The maximum absolute atomic E-state index is 11.2. The second-order valence-corrected chi connectivity index (χ2v) is 7.96. The molecule has 31 heavy (non-hydrogen) atoms. The molecule has 3 aromatic rings. The summed E-state index contributed by atoms with van der Waals surface area (Å²) < 4.78 is 6.62. The molecule has 1 fully saturated rings. The third-order valence-corrected chi connectivity index (χ3v) is 5.69. The summed E-state index contributed by atoms with van der Waals surface area (Å²) in [7, 11) is 1.38. The Morgan fingerprint density at radius 3 is 2.71 bits per heavy atom. The van der Waals surface area contributed by atoms with Gasteiger partial charge in [0.15, 0.2) is 0 Å². The molecule has 4 rings (SSSR count). The van der Waals surface area contributed by atoms with Crippen LogP contribution in [-0.4, -0.2) is 45.6 Å². The number of carbonyl (C=O) groups is 1. The van der Waals surface area contributed by atoms with Crippen LogP contribution in [0.4, 0.5) is 0 Å². The number of methoxy groups -OCH3 is 1. The van der Waals surface area contributed by atoms with Gasteiger partial charge in [-0.15, -0.1) is 5.10 Å². The monoisotopic (exact) mass is 416 g/mol. The SMILES string of the molecule is COC(=O)C=Cc1ccc(CN2CCCC2Cn2cc(Cc3ccccc3)nn2)cc1. The van der Waals surface area contributed by atoms with Gasteiger partial charge in [-0.2, -0.15) is 0 Å². The first-order valence-corrected chi connectivity index (χ1v) is 10.7. The Morgan fingerprint density at radius 2 is 1.94 bits per heavy atom. The molecule has 0 radical (unpaired) electrons. The predicted molar refractivity (Wildman–Crippen MR) is 120 cm³/mol. The van der Waals surface area contributed by atoms with Crippen LogP contribution >= 0.6 is 0 Å². The van der Waals surface area contributed by atoms with Crippen LogP contribution in [0.15, 0.2) is 66.9 Å². The fourth-order valence-corrected chi connectivity index (χ4v) is 4.04. The molecular weight excluding hydrogens is 388 g/mol. The normalized spacial score (nSPS) is 16.7. The Bertz CT molecular complexity index is 1010. The first-order valence-electron chi connectivity index (χ1n) is 10.7. The van der Waals surface area contributed by atoms with Crippen LogP contribution in [0.5, 0.6) is 0 Å². The van der Waals surface area contributed by atoms with Gasteiger partial charge in [-0.05, 0) is 42.2 Å². The van der Waals surface area contributed by atoms with Gasteiger partial charge in [0.05, 0.1) is 19.3 Å². The highest BCUT2D eigenvalue weighted by atomic mass is 16.5. The fraction of sp³-hybridized carbons (Fsp3) is 0.320. The summed E-state index contributed by atoms with van der Waals surface area (Å²) in [6.07, 6.45) is 8.48. The number of aromatic nitrogens is 3. The fourth-order valence-electron chi connectivity index (χ4n) is 4.04. The molecule has 2 heterocycles. The van der Waals surface area contributed by atoms with Crippen LogP contribution in [0.1, 0.15) is 35.2 Å². The largest absolute Gasteiger partial charge is 0.466 e. The van der Waals surface area contributed by atoms with E-state index >= 15 is 0 Å². The highest BCUT2D eigenvalue weighted by Crippen LogP contribution is 2.22. The molecule has 0 bridgehead atoms. The number of rotatable bonds is 8. The molecule has 0 N–H and O–H groups in total. The average Bonchev–Trinajstić information content (AvgIpc) is 3.43. The zero-order valence-corrected chi connectivity index (χ0v) is 17.9.